The van der Waals surface area contributed by atoms with Crippen molar-refractivity contribution in [3.63, 3.8) is 0 Å². The van der Waals surface area contributed by atoms with Crippen molar-refractivity contribution in [2.24, 2.45) is 0 Å². The number of thiazole rings is 1. The van der Waals surface area contributed by atoms with Gasteiger partial charge < -0.3 is 0 Å². The maximum Gasteiger partial charge on any atom is 0.276 e. The number of nitrogens with one attached hydrogen (secondary N) is 1. The van der Waals surface area contributed by atoms with Crippen LogP contribution < -0.4 is 4.72 Å². The number of carbonyl (C=O) groups is 1. The summed E-state index contributed by atoms with van der Waals surface area (Å²) in [4.78, 5) is 16.1. The molecule has 1 unspecified atom stereocenters. The summed E-state index contributed by atoms with van der Waals surface area (Å²) in [5.74, 6) is -2.62. The van der Waals surface area contributed by atoms with Crippen molar-refractivity contribution in [3.05, 3.63) is 51.5 Å². The van der Waals surface area contributed by atoms with Crippen molar-refractivity contribution >= 4 is 27.3 Å². The smallest absolute Gasteiger partial charge is 0.267 e. The van der Waals surface area contributed by atoms with E-state index in [2.05, 4.69) is 4.98 Å². The molecule has 23 heavy (non-hydrogen) atoms. The van der Waals surface area contributed by atoms with E-state index in [-0.39, 0.29) is 10.4 Å². The third-order valence-corrected chi connectivity index (χ3v) is 5.98. The average molecular weight is 360 g/mol. The second kappa shape index (κ2) is 6.71. The van der Waals surface area contributed by atoms with Crippen LogP contribution in [0.25, 0.3) is 0 Å². The molecular formula is C14H14F2N2O3S2. The third-order valence-electron chi connectivity index (χ3n) is 3.18. The van der Waals surface area contributed by atoms with Gasteiger partial charge in [-0.2, -0.15) is 0 Å². The minimum absolute atomic E-state index is 0.150. The number of halogens is 2. The lowest BCUT2D eigenvalue weighted by atomic mass is 10.1. The van der Waals surface area contributed by atoms with Crippen LogP contribution in [0.2, 0.25) is 0 Å². The number of hydrogen-bond donors (Lipinski definition) is 1. The molecule has 0 fully saturated rings. The quantitative estimate of drug-likeness (QED) is 0.890. The van der Waals surface area contributed by atoms with E-state index >= 15 is 0 Å². The highest BCUT2D eigenvalue weighted by Gasteiger charge is 2.28. The molecule has 2 aromatic rings. The maximum atomic E-state index is 13.7. The molecule has 1 heterocycles. The molecule has 0 aliphatic heterocycles. The van der Waals surface area contributed by atoms with Crippen LogP contribution in [-0.2, 0) is 16.4 Å². The van der Waals surface area contributed by atoms with E-state index in [0.29, 0.717) is 17.5 Å². The van der Waals surface area contributed by atoms with Crippen LogP contribution in [0.5, 0.6) is 0 Å². The van der Waals surface area contributed by atoms with Crippen molar-refractivity contribution in [1.82, 2.24) is 9.71 Å². The predicted molar refractivity (Wildman–Crippen MR) is 82.7 cm³/mol. The summed E-state index contributed by atoms with van der Waals surface area (Å²) in [5, 5.41) is -0.657. The highest BCUT2D eigenvalue weighted by molar-refractivity contribution is 7.90. The van der Waals surface area contributed by atoms with Crippen LogP contribution in [0.4, 0.5) is 8.78 Å². The zero-order valence-corrected chi connectivity index (χ0v) is 14.0. The van der Waals surface area contributed by atoms with Crippen molar-refractivity contribution < 1.29 is 22.0 Å². The van der Waals surface area contributed by atoms with Gasteiger partial charge in [-0.25, -0.2) is 26.9 Å². The molecule has 124 valence electrons. The normalized spacial score (nSPS) is 12.9. The number of sulfonamides is 1. The van der Waals surface area contributed by atoms with Gasteiger partial charge in [0.15, 0.2) is 0 Å². The average Bonchev–Trinajstić information content (AvgIpc) is 2.95. The SMILES string of the molecule is CCc1ncc(C(=O)NS(=O)(=O)C(C)c2ccc(F)cc2F)s1. The molecule has 1 aromatic carbocycles. The van der Waals surface area contributed by atoms with Gasteiger partial charge in [0.1, 0.15) is 21.8 Å². The number of aryl methyl sites for hydroxylation is 1. The van der Waals surface area contributed by atoms with Gasteiger partial charge in [-0.05, 0) is 19.4 Å². The second-order valence-corrected chi connectivity index (χ2v) is 7.87. The fourth-order valence-corrected chi connectivity index (χ4v) is 3.73. The third kappa shape index (κ3) is 3.91. The first-order valence-corrected chi connectivity index (χ1v) is 9.06. The molecule has 0 saturated carbocycles. The maximum absolute atomic E-state index is 13.7. The molecule has 0 saturated heterocycles. The van der Waals surface area contributed by atoms with Crippen LogP contribution in [0.1, 0.15) is 39.3 Å². The Balaban J connectivity index is 2.22. The summed E-state index contributed by atoms with van der Waals surface area (Å²) in [5.41, 5.74) is -0.217. The van der Waals surface area contributed by atoms with Crippen molar-refractivity contribution in [3.8, 4) is 0 Å². The Morgan fingerprint density at radius 2 is 2.09 bits per heavy atom. The summed E-state index contributed by atoms with van der Waals surface area (Å²) in [6.07, 6.45) is 1.92. The fraction of sp³-hybridized carbons (Fsp3) is 0.286. The highest BCUT2D eigenvalue weighted by Crippen LogP contribution is 2.25. The molecule has 2 rings (SSSR count). The van der Waals surface area contributed by atoms with E-state index in [1.807, 2.05) is 11.6 Å². The molecule has 9 heteroatoms. The Morgan fingerprint density at radius 3 is 2.65 bits per heavy atom. The van der Waals surface area contributed by atoms with Crippen LogP contribution >= 0.6 is 11.3 Å². The molecule has 1 atom stereocenters. The summed E-state index contributed by atoms with van der Waals surface area (Å²) >= 11 is 1.08. The molecule has 1 N–H and O–H groups in total. The Kier molecular flexibility index (Phi) is 5.10. The van der Waals surface area contributed by atoms with Crippen LogP contribution in [0.15, 0.2) is 24.4 Å². The number of benzene rings is 1. The van der Waals surface area contributed by atoms with Gasteiger partial charge in [0.25, 0.3) is 5.91 Å². The first-order valence-electron chi connectivity index (χ1n) is 6.70. The van der Waals surface area contributed by atoms with Crippen molar-refractivity contribution in [2.45, 2.75) is 25.5 Å². The summed E-state index contributed by atoms with van der Waals surface area (Å²) in [7, 11) is -4.18. The van der Waals surface area contributed by atoms with Gasteiger partial charge in [0, 0.05) is 11.6 Å². The lowest BCUT2D eigenvalue weighted by Crippen LogP contribution is -2.33. The van der Waals surface area contributed by atoms with Gasteiger partial charge in [-0.3, -0.25) is 4.79 Å². The number of nitrogens with zero attached hydrogens (tertiary/aromatic N) is 1. The van der Waals surface area contributed by atoms with E-state index in [1.54, 1.807) is 0 Å². The molecule has 0 radical (unpaired) electrons. The monoisotopic (exact) mass is 360 g/mol. The Labute approximate surface area is 136 Å². The largest absolute Gasteiger partial charge is 0.276 e. The number of aromatic nitrogens is 1. The molecule has 1 aromatic heterocycles. The Bertz CT molecular complexity index is 834. The van der Waals surface area contributed by atoms with Crippen LogP contribution in [0, 0.1) is 11.6 Å². The van der Waals surface area contributed by atoms with Gasteiger partial charge in [0.2, 0.25) is 10.0 Å². The predicted octanol–water partition coefficient (Wildman–Crippen LogP) is 2.80. The van der Waals surface area contributed by atoms with Crippen molar-refractivity contribution in [2.75, 3.05) is 0 Å². The number of amides is 1. The second-order valence-electron chi connectivity index (χ2n) is 4.76. The number of carbonyl (C=O) groups excluding carboxylic acids is 1. The van der Waals surface area contributed by atoms with E-state index < -0.39 is 32.8 Å². The number of hydrogen-bond acceptors (Lipinski definition) is 5. The standard InChI is InChI=1S/C14H14F2N2O3S2/c1-3-13-17-7-12(22-13)14(19)18-23(20,21)8(2)10-5-4-9(15)6-11(10)16/h4-8H,3H2,1-2H3,(H,18,19). The lowest BCUT2D eigenvalue weighted by Gasteiger charge is -2.14. The summed E-state index contributed by atoms with van der Waals surface area (Å²) < 4.78 is 53.0. The van der Waals surface area contributed by atoms with E-state index in [9.17, 15) is 22.0 Å². The molecule has 0 aliphatic carbocycles. The zero-order chi connectivity index (χ0) is 17.2. The first-order chi connectivity index (χ1) is 10.7. The first kappa shape index (κ1) is 17.5. The van der Waals surface area contributed by atoms with E-state index in [4.69, 9.17) is 0 Å². The number of rotatable bonds is 5. The van der Waals surface area contributed by atoms with Gasteiger partial charge in [-0.15, -0.1) is 11.3 Å². The van der Waals surface area contributed by atoms with Crippen LogP contribution in [0.3, 0.4) is 0 Å². The summed E-state index contributed by atoms with van der Waals surface area (Å²) in [6.45, 7) is 3.08. The Hall–Kier alpha value is -1.87. The van der Waals surface area contributed by atoms with Crippen molar-refractivity contribution in [1.29, 1.82) is 0 Å². The fourth-order valence-electron chi connectivity index (χ4n) is 1.84. The molecular weight excluding hydrogens is 346 g/mol. The minimum atomic E-state index is -4.18. The minimum Gasteiger partial charge on any atom is -0.267 e. The molecule has 5 nitrogen and oxygen atoms in total. The van der Waals surface area contributed by atoms with E-state index in [1.165, 1.54) is 13.1 Å². The molecule has 0 spiro atoms. The van der Waals surface area contributed by atoms with E-state index in [0.717, 1.165) is 23.5 Å². The topological polar surface area (TPSA) is 76.1 Å². The summed E-state index contributed by atoms with van der Waals surface area (Å²) in [6, 6.07) is 2.60. The van der Waals surface area contributed by atoms with Crippen LogP contribution in [-0.4, -0.2) is 19.3 Å². The Morgan fingerprint density at radius 1 is 1.39 bits per heavy atom. The van der Waals surface area contributed by atoms with Gasteiger partial charge in [-0.1, -0.05) is 13.0 Å². The van der Waals surface area contributed by atoms with Gasteiger partial charge in [0.05, 0.1) is 11.2 Å². The molecule has 0 aliphatic rings. The van der Waals surface area contributed by atoms with Gasteiger partial charge >= 0.3 is 0 Å². The highest BCUT2D eigenvalue weighted by atomic mass is 32.2. The molecule has 0 bridgehead atoms. The zero-order valence-electron chi connectivity index (χ0n) is 12.3. The lowest BCUT2D eigenvalue weighted by molar-refractivity contribution is 0.0984. The molecule has 1 amide bonds.